The second-order valence-electron chi connectivity index (χ2n) is 16.1. The maximum Gasteiger partial charge on any atom is 0.329 e. The van der Waals surface area contributed by atoms with Crippen molar-refractivity contribution in [2.45, 2.75) is 111 Å². The fourth-order valence-electron chi connectivity index (χ4n) is 7.37. The van der Waals surface area contributed by atoms with Gasteiger partial charge in [-0.2, -0.15) is 0 Å². The topological polar surface area (TPSA) is 224 Å². The lowest BCUT2D eigenvalue weighted by Crippen LogP contribution is -2.46. The predicted molar refractivity (Wildman–Crippen MR) is 218 cm³/mol. The van der Waals surface area contributed by atoms with Crippen molar-refractivity contribution in [1.82, 2.24) is 14.8 Å². The number of hydrogen-bond donors (Lipinski definition) is 4. The van der Waals surface area contributed by atoms with Crippen molar-refractivity contribution in [1.29, 1.82) is 5.41 Å². The number of anilines is 1. The van der Waals surface area contributed by atoms with E-state index in [2.05, 4.69) is 15.2 Å². The number of benzene rings is 1. The molecule has 3 atom stereocenters. The smallest absolute Gasteiger partial charge is 0.329 e. The molecule has 1 aliphatic carbocycles. The molecule has 0 bridgehead atoms. The number of carbonyl (C=O) groups excluding carboxylic acids is 2. The van der Waals surface area contributed by atoms with Crippen molar-refractivity contribution in [3.8, 4) is 11.1 Å². The number of thiophene rings is 1. The molecule has 0 spiro atoms. The number of nitrogens with two attached hydrogens (primary N) is 1. The van der Waals surface area contributed by atoms with Crippen molar-refractivity contribution in [2.24, 2.45) is 17.6 Å². The van der Waals surface area contributed by atoms with Crippen LogP contribution in [0.1, 0.15) is 95.8 Å². The van der Waals surface area contributed by atoms with E-state index in [0.29, 0.717) is 34.6 Å². The van der Waals surface area contributed by atoms with Crippen LogP contribution in [0.3, 0.4) is 0 Å². The standard InChI is InChI=1S/C39H52N6O9S3/c1-21-22(2)34(23(3)28-20-39(9,10)52-32(21)28)57(50,51)45(37(40)41)17-12-15-30(36(47)53-38(6,7)8)42-35(46)33-29(16-18-55-33)44-56(48,49)27-14-11-13-26(19-27)31-24(4)43-54-25(31)5/h11,13-14,16,18-19,23,28,30,44H,12,15,17,20H2,1-10H3,(H3,40,41)(H,42,46). The quantitative estimate of drug-likeness (QED) is 0.0817. The van der Waals surface area contributed by atoms with Gasteiger partial charge >= 0.3 is 5.97 Å². The fourth-order valence-corrected chi connectivity index (χ4v) is 11.3. The molecule has 2 aromatic heterocycles. The molecule has 3 heterocycles. The van der Waals surface area contributed by atoms with Crippen LogP contribution < -0.4 is 15.8 Å². The van der Waals surface area contributed by atoms with Gasteiger partial charge in [0.2, 0.25) is 5.96 Å². The summed E-state index contributed by atoms with van der Waals surface area (Å²) in [5.74, 6) is -1.53. The minimum atomic E-state index is -4.30. The molecule has 5 rings (SSSR count). The first-order valence-electron chi connectivity index (χ1n) is 18.5. The maximum atomic E-state index is 14.3. The predicted octanol–water partition coefficient (Wildman–Crippen LogP) is 6.58. The lowest BCUT2D eigenvalue weighted by atomic mass is 9.79. The van der Waals surface area contributed by atoms with Crippen LogP contribution in [-0.4, -0.2) is 67.9 Å². The van der Waals surface area contributed by atoms with E-state index in [9.17, 15) is 26.4 Å². The number of hydrogen-bond acceptors (Lipinski definition) is 12. The largest absolute Gasteiger partial charge is 0.492 e. The van der Waals surface area contributed by atoms with Crippen molar-refractivity contribution >= 4 is 54.9 Å². The first-order chi connectivity index (χ1) is 26.3. The van der Waals surface area contributed by atoms with Crippen LogP contribution in [0.25, 0.3) is 11.1 Å². The first kappa shape index (κ1) is 43.4. The Balaban J connectivity index is 1.34. The molecule has 1 aromatic carbocycles. The van der Waals surface area contributed by atoms with Crippen LogP contribution in [0, 0.1) is 31.1 Å². The highest BCUT2D eigenvalue weighted by Gasteiger charge is 2.48. The minimum absolute atomic E-state index is 0.00521. The van der Waals surface area contributed by atoms with Gasteiger partial charge in [-0.1, -0.05) is 24.2 Å². The molecule has 15 nitrogen and oxygen atoms in total. The van der Waals surface area contributed by atoms with Crippen LogP contribution in [0.5, 0.6) is 0 Å². The molecule has 1 fully saturated rings. The van der Waals surface area contributed by atoms with Gasteiger partial charge in [-0.05, 0) is 122 Å². The maximum absolute atomic E-state index is 14.3. The Morgan fingerprint density at radius 3 is 2.42 bits per heavy atom. The number of amides is 1. The summed E-state index contributed by atoms with van der Waals surface area (Å²) in [7, 11) is -8.50. The molecule has 1 saturated heterocycles. The molecule has 57 heavy (non-hydrogen) atoms. The van der Waals surface area contributed by atoms with Crippen LogP contribution in [0.2, 0.25) is 0 Å². The van der Waals surface area contributed by atoms with E-state index in [0.717, 1.165) is 27.0 Å². The van der Waals surface area contributed by atoms with E-state index in [1.165, 1.54) is 23.6 Å². The Bertz CT molecular complexity index is 2350. The van der Waals surface area contributed by atoms with Crippen molar-refractivity contribution < 1.29 is 40.4 Å². The average molecular weight is 845 g/mol. The molecule has 3 aromatic rings. The minimum Gasteiger partial charge on any atom is -0.492 e. The SMILES string of the molecule is CC1=C2OC(C)(C)CC2C(C)C(S(=O)(=O)N(CCCC(NC(=O)c2sccc2NS(=O)(=O)c2cccc(-c3c(C)noc3C)c2)C(=O)OC(C)(C)C)C(=N)N)=C1C. The molecule has 2 aliphatic rings. The number of guanidine groups is 1. The van der Waals surface area contributed by atoms with E-state index in [1.54, 1.807) is 53.7 Å². The van der Waals surface area contributed by atoms with Crippen molar-refractivity contribution in [3.63, 3.8) is 0 Å². The summed E-state index contributed by atoms with van der Waals surface area (Å²) in [6.07, 6.45) is 0.519. The zero-order valence-electron chi connectivity index (χ0n) is 33.9. The molecule has 5 N–H and O–H groups in total. The number of rotatable bonds is 13. The van der Waals surface area contributed by atoms with Gasteiger partial charge in [0.25, 0.3) is 26.0 Å². The van der Waals surface area contributed by atoms with Crippen molar-refractivity contribution in [2.75, 3.05) is 11.3 Å². The summed E-state index contributed by atoms with van der Waals surface area (Å²) in [6.45, 7) is 17.5. The van der Waals surface area contributed by atoms with Crippen molar-refractivity contribution in [3.05, 3.63) is 73.9 Å². The Kier molecular flexibility index (Phi) is 12.1. The lowest BCUT2D eigenvalue weighted by molar-refractivity contribution is -0.157. The normalized spacial score (nSPS) is 18.8. The summed E-state index contributed by atoms with van der Waals surface area (Å²) in [4.78, 5) is 27.4. The second kappa shape index (κ2) is 15.9. The van der Waals surface area contributed by atoms with Gasteiger partial charge in [0.15, 0.2) is 0 Å². The number of allylic oxidation sites excluding steroid dienone is 4. The van der Waals surface area contributed by atoms with Crippen LogP contribution in [0.4, 0.5) is 5.69 Å². The summed E-state index contributed by atoms with van der Waals surface area (Å²) in [5.41, 5.74) is 7.64. The van der Waals surface area contributed by atoms with Gasteiger partial charge in [0.1, 0.15) is 33.6 Å². The zero-order valence-corrected chi connectivity index (χ0v) is 36.3. The van der Waals surface area contributed by atoms with E-state index >= 15 is 0 Å². The number of nitrogens with one attached hydrogen (secondary N) is 3. The van der Waals surface area contributed by atoms with Crippen LogP contribution in [-0.2, 0) is 34.3 Å². The van der Waals surface area contributed by atoms with Crippen LogP contribution in [0.15, 0.2) is 66.9 Å². The number of esters is 1. The second-order valence-corrected chi connectivity index (χ2v) is 20.5. The van der Waals surface area contributed by atoms with Gasteiger partial charge in [-0.25, -0.2) is 25.9 Å². The molecule has 3 unspecified atom stereocenters. The monoisotopic (exact) mass is 844 g/mol. The summed E-state index contributed by atoms with van der Waals surface area (Å²) >= 11 is 0.962. The highest BCUT2D eigenvalue weighted by atomic mass is 32.2. The van der Waals surface area contributed by atoms with Gasteiger partial charge in [-0.15, -0.1) is 11.3 Å². The molecule has 0 radical (unpaired) electrons. The number of sulfonamides is 2. The number of ether oxygens (including phenoxy) is 2. The number of nitrogens with zero attached hydrogens (tertiary/aromatic N) is 2. The molecule has 310 valence electrons. The van der Waals surface area contributed by atoms with E-state index < -0.39 is 61.0 Å². The average Bonchev–Trinajstić information content (AvgIpc) is 3.79. The molecule has 0 saturated carbocycles. The van der Waals surface area contributed by atoms with E-state index in [4.69, 9.17) is 25.1 Å². The third kappa shape index (κ3) is 9.23. The first-order valence-corrected chi connectivity index (χ1v) is 22.3. The molecule has 18 heteroatoms. The molecular weight excluding hydrogens is 793 g/mol. The highest BCUT2D eigenvalue weighted by Crippen LogP contribution is 2.51. The Morgan fingerprint density at radius 1 is 1.12 bits per heavy atom. The van der Waals surface area contributed by atoms with Gasteiger partial charge in [0, 0.05) is 23.9 Å². The third-order valence-corrected chi connectivity index (χ3v) is 14.5. The molecular formula is C39H52N6O9S3. The van der Waals surface area contributed by atoms with Gasteiger partial charge in [-0.3, -0.25) is 14.9 Å². The number of aryl methyl sites for hydroxylation is 2. The number of carbonyl (C=O) groups is 2. The molecule has 1 aliphatic heterocycles. The third-order valence-electron chi connectivity index (χ3n) is 10.0. The van der Waals surface area contributed by atoms with E-state index in [1.807, 2.05) is 27.7 Å². The van der Waals surface area contributed by atoms with E-state index in [-0.39, 0.29) is 45.7 Å². The Morgan fingerprint density at radius 2 is 1.81 bits per heavy atom. The highest BCUT2D eigenvalue weighted by molar-refractivity contribution is 7.93. The molecule has 1 amide bonds. The van der Waals surface area contributed by atoms with Gasteiger partial charge < -0.3 is 25.0 Å². The summed E-state index contributed by atoms with van der Waals surface area (Å²) in [6, 6.07) is 6.40. The zero-order chi connectivity index (χ0) is 42.4. The Hall–Kier alpha value is -4.68. The van der Waals surface area contributed by atoms with Crippen LogP contribution >= 0.6 is 11.3 Å². The lowest BCUT2D eigenvalue weighted by Gasteiger charge is -2.33. The summed E-state index contributed by atoms with van der Waals surface area (Å²) < 4.78 is 76.2. The fraction of sp³-hybridized carbons (Fsp3) is 0.487. The number of fused-ring (bicyclic) bond motifs is 1. The Labute approximate surface area is 338 Å². The van der Waals surface area contributed by atoms with Gasteiger partial charge in [0.05, 0.1) is 21.2 Å². The number of aromatic nitrogens is 1. The summed E-state index contributed by atoms with van der Waals surface area (Å²) in [5, 5.41) is 16.4.